The SMILES string of the molecule is CCCNC(=O)Nc1ccc(C(=O)N2CCN(C(=O)Oc3ccc(C[C@H](NC(=O)[C@H]4N(S(=O)(=O)c5ccc(C)cc5)CSC4(C)C)C(=O)O)cc3)CC2)cc1. The third-order valence-electron chi connectivity index (χ3n) is 9.32. The summed E-state index contributed by atoms with van der Waals surface area (Å²) < 4.78 is 33.0. The number of aryl methyl sites for hydroxylation is 1. The van der Waals surface area contributed by atoms with E-state index < -0.39 is 44.8 Å². The van der Waals surface area contributed by atoms with Crippen LogP contribution in [0.1, 0.15) is 48.7 Å². The molecule has 2 aliphatic heterocycles. The molecule has 0 aliphatic carbocycles. The van der Waals surface area contributed by atoms with Gasteiger partial charge in [-0.25, -0.2) is 22.8 Å². The number of nitrogens with one attached hydrogen (secondary N) is 3. The summed E-state index contributed by atoms with van der Waals surface area (Å²) in [7, 11) is -4.05. The lowest BCUT2D eigenvalue weighted by atomic mass is 10.0. The minimum Gasteiger partial charge on any atom is -0.480 e. The number of hydrogen-bond donors (Lipinski definition) is 4. The second kappa shape index (κ2) is 17.6. The number of anilines is 1. The Morgan fingerprint density at radius 2 is 1.53 bits per heavy atom. The summed E-state index contributed by atoms with van der Waals surface area (Å²) in [5.74, 6) is -1.95. The third-order valence-corrected chi connectivity index (χ3v) is 12.7. The first-order valence-corrected chi connectivity index (χ1v) is 20.3. The van der Waals surface area contributed by atoms with Crippen LogP contribution in [0.15, 0.2) is 77.7 Å². The number of rotatable bonds is 12. The standard InChI is InChI=1S/C38H46N6O9S2/c1-5-18-39-36(49)40-28-12-10-27(11-13-28)34(46)42-19-21-43(22-20-42)37(50)53-29-14-8-26(9-15-29)23-31(35(47)48)41-33(45)32-38(3,4)54-24-44(32)55(51,52)30-16-6-25(2)7-17-30/h6-17,31-32H,5,18-24H2,1-4H3,(H,41,45)(H,47,48)(H2,39,40,49)/t31-,32+/m0/s1. The highest BCUT2D eigenvalue weighted by molar-refractivity contribution is 8.02. The normalized spacial score (nSPS) is 17.6. The van der Waals surface area contributed by atoms with Crippen LogP contribution in [0, 0.1) is 6.92 Å². The summed E-state index contributed by atoms with van der Waals surface area (Å²) in [4.78, 5) is 67.0. The molecule has 3 aromatic carbocycles. The van der Waals surface area contributed by atoms with Crippen LogP contribution in [-0.4, -0.2) is 113 Å². The Morgan fingerprint density at radius 3 is 2.13 bits per heavy atom. The fourth-order valence-corrected chi connectivity index (χ4v) is 9.33. The van der Waals surface area contributed by atoms with Crippen LogP contribution >= 0.6 is 11.8 Å². The van der Waals surface area contributed by atoms with Crippen molar-refractivity contribution in [2.75, 3.05) is 43.9 Å². The van der Waals surface area contributed by atoms with Gasteiger partial charge in [-0.15, -0.1) is 11.8 Å². The maximum Gasteiger partial charge on any atom is 0.415 e. The van der Waals surface area contributed by atoms with Gasteiger partial charge >= 0.3 is 18.1 Å². The van der Waals surface area contributed by atoms with Crippen LogP contribution in [0.3, 0.4) is 0 Å². The summed E-state index contributed by atoms with van der Waals surface area (Å²) >= 11 is 1.29. The molecule has 3 aromatic rings. The van der Waals surface area contributed by atoms with Gasteiger partial charge in [0.15, 0.2) is 0 Å². The number of carbonyl (C=O) groups is 5. The smallest absolute Gasteiger partial charge is 0.415 e. The van der Waals surface area contributed by atoms with Gasteiger partial charge in [-0.05, 0) is 81.3 Å². The zero-order valence-electron chi connectivity index (χ0n) is 31.1. The predicted octanol–water partition coefficient (Wildman–Crippen LogP) is 4.14. The molecule has 0 unspecified atom stereocenters. The molecule has 0 spiro atoms. The van der Waals surface area contributed by atoms with Crippen molar-refractivity contribution in [3.63, 3.8) is 0 Å². The molecule has 4 N–H and O–H groups in total. The summed E-state index contributed by atoms with van der Waals surface area (Å²) in [6.07, 6.45) is 0.104. The molecule has 0 saturated carbocycles. The van der Waals surface area contributed by atoms with Crippen LogP contribution in [-0.2, 0) is 26.0 Å². The maximum atomic E-state index is 13.6. The van der Waals surface area contributed by atoms with Crippen LogP contribution < -0.4 is 20.7 Å². The molecule has 15 nitrogen and oxygen atoms in total. The Morgan fingerprint density at radius 1 is 0.909 bits per heavy atom. The Labute approximate surface area is 324 Å². The quantitative estimate of drug-likeness (QED) is 0.207. The first-order chi connectivity index (χ1) is 26.1. The molecule has 2 saturated heterocycles. The monoisotopic (exact) mass is 794 g/mol. The van der Waals surface area contributed by atoms with Gasteiger partial charge in [0.1, 0.15) is 17.8 Å². The Bertz CT molecular complexity index is 1980. The Hall–Kier alpha value is -5.13. The molecular formula is C38H46N6O9S2. The summed E-state index contributed by atoms with van der Waals surface area (Å²) in [5.41, 5.74) is 2.43. The Kier molecular flexibility index (Phi) is 13.1. The highest BCUT2D eigenvalue weighted by Crippen LogP contribution is 2.42. The molecule has 2 aliphatic rings. The number of benzene rings is 3. The number of sulfonamides is 1. The van der Waals surface area contributed by atoms with Gasteiger partial charge in [0, 0.05) is 55.1 Å². The zero-order valence-corrected chi connectivity index (χ0v) is 32.7. The van der Waals surface area contributed by atoms with Crippen molar-refractivity contribution in [3.05, 3.63) is 89.5 Å². The second-order valence-electron chi connectivity index (χ2n) is 13.8. The minimum absolute atomic E-state index is 0.0298. The molecule has 5 rings (SSSR count). The zero-order chi connectivity index (χ0) is 39.9. The van der Waals surface area contributed by atoms with Crippen molar-refractivity contribution in [1.29, 1.82) is 0 Å². The molecule has 2 fully saturated rings. The van der Waals surface area contributed by atoms with Crippen molar-refractivity contribution in [3.8, 4) is 5.75 Å². The van der Waals surface area contributed by atoms with Crippen molar-refractivity contribution in [1.82, 2.24) is 24.7 Å². The molecule has 0 radical (unpaired) electrons. The fraction of sp³-hybridized carbons (Fsp3) is 0.395. The molecule has 2 atom stereocenters. The van der Waals surface area contributed by atoms with E-state index in [-0.39, 0.29) is 48.0 Å². The molecule has 294 valence electrons. The van der Waals surface area contributed by atoms with E-state index in [1.54, 1.807) is 67.3 Å². The van der Waals surface area contributed by atoms with E-state index in [1.165, 1.54) is 40.9 Å². The molecule has 0 aromatic heterocycles. The Balaban J connectivity index is 1.13. The first-order valence-electron chi connectivity index (χ1n) is 17.8. The topological polar surface area (TPSA) is 195 Å². The van der Waals surface area contributed by atoms with Gasteiger partial charge in [0.2, 0.25) is 15.9 Å². The van der Waals surface area contributed by atoms with Gasteiger partial charge in [0.25, 0.3) is 5.91 Å². The van der Waals surface area contributed by atoms with E-state index >= 15 is 0 Å². The third kappa shape index (κ3) is 10.1. The van der Waals surface area contributed by atoms with Gasteiger partial charge in [-0.2, -0.15) is 4.31 Å². The summed E-state index contributed by atoms with van der Waals surface area (Å²) in [6, 6.07) is 16.3. The number of nitrogens with zero attached hydrogens (tertiary/aromatic N) is 3. The minimum atomic E-state index is -4.05. The summed E-state index contributed by atoms with van der Waals surface area (Å²) in [6.45, 7) is 8.93. The lowest BCUT2D eigenvalue weighted by molar-refractivity contribution is -0.142. The molecule has 55 heavy (non-hydrogen) atoms. The number of urea groups is 1. The van der Waals surface area contributed by atoms with Crippen molar-refractivity contribution in [2.24, 2.45) is 0 Å². The number of piperazine rings is 1. The van der Waals surface area contributed by atoms with Crippen LogP contribution in [0.4, 0.5) is 15.3 Å². The number of hydrogen-bond acceptors (Lipinski definition) is 9. The van der Waals surface area contributed by atoms with Gasteiger partial charge in [-0.3, -0.25) is 9.59 Å². The van der Waals surface area contributed by atoms with E-state index in [0.717, 1.165) is 16.3 Å². The van der Waals surface area contributed by atoms with Crippen molar-refractivity contribution >= 4 is 57.4 Å². The predicted molar refractivity (Wildman–Crippen MR) is 207 cm³/mol. The first kappa shape index (κ1) is 41.0. The van der Waals surface area contributed by atoms with E-state index in [0.29, 0.717) is 36.4 Å². The number of amides is 5. The second-order valence-corrected chi connectivity index (χ2v) is 17.3. The van der Waals surface area contributed by atoms with E-state index in [2.05, 4.69) is 16.0 Å². The van der Waals surface area contributed by atoms with Crippen LogP contribution in [0.5, 0.6) is 5.75 Å². The lowest BCUT2D eigenvalue weighted by Crippen LogP contribution is -2.56. The maximum absolute atomic E-state index is 13.6. The van der Waals surface area contributed by atoms with Gasteiger partial charge < -0.3 is 35.6 Å². The van der Waals surface area contributed by atoms with Gasteiger partial charge in [-0.1, -0.05) is 36.8 Å². The highest BCUT2D eigenvalue weighted by Gasteiger charge is 2.51. The van der Waals surface area contributed by atoms with Crippen molar-refractivity contribution < 1.29 is 42.2 Å². The molecule has 0 bridgehead atoms. The number of thioether (sulfide) groups is 1. The van der Waals surface area contributed by atoms with Crippen LogP contribution in [0.2, 0.25) is 0 Å². The number of carboxylic acids is 1. The van der Waals surface area contributed by atoms with E-state index in [4.69, 9.17) is 4.74 Å². The molecular weight excluding hydrogens is 749 g/mol. The summed E-state index contributed by atoms with van der Waals surface area (Å²) in [5, 5.41) is 18.0. The number of carboxylic acid groups (broad SMARTS) is 1. The number of aliphatic carboxylic acids is 1. The average molecular weight is 795 g/mol. The fourth-order valence-electron chi connectivity index (χ4n) is 6.16. The lowest BCUT2D eigenvalue weighted by Gasteiger charge is -2.34. The van der Waals surface area contributed by atoms with Gasteiger partial charge in [0.05, 0.1) is 10.8 Å². The highest BCUT2D eigenvalue weighted by atomic mass is 32.2. The largest absolute Gasteiger partial charge is 0.480 e. The van der Waals surface area contributed by atoms with E-state index in [1.807, 2.05) is 13.8 Å². The molecule has 2 heterocycles. The van der Waals surface area contributed by atoms with Crippen LogP contribution in [0.25, 0.3) is 0 Å². The number of carbonyl (C=O) groups excluding carboxylic acids is 4. The molecule has 17 heteroatoms. The molecule has 5 amide bonds. The van der Waals surface area contributed by atoms with E-state index in [9.17, 15) is 37.5 Å². The number of ether oxygens (including phenoxy) is 1. The average Bonchev–Trinajstić information content (AvgIpc) is 3.50. The van der Waals surface area contributed by atoms with Crippen molar-refractivity contribution in [2.45, 2.75) is 62.3 Å².